The summed E-state index contributed by atoms with van der Waals surface area (Å²) in [4.78, 5) is 26.2. The molecule has 7 nitrogen and oxygen atoms in total. The Labute approximate surface area is 200 Å². The van der Waals surface area contributed by atoms with Crippen molar-refractivity contribution < 1.29 is 28.4 Å². The van der Waals surface area contributed by atoms with Crippen LogP contribution in [-0.4, -0.2) is 52.8 Å². The number of hydrogen-bond acceptors (Lipinski definition) is 5. The predicted octanol–water partition coefficient (Wildman–Crippen LogP) is 4.27. The average Bonchev–Trinajstić information content (AvgIpc) is 3.15. The largest absolute Gasteiger partial charge is 0.496 e. The highest BCUT2D eigenvalue weighted by Gasteiger charge is 2.30. The van der Waals surface area contributed by atoms with Crippen LogP contribution in [0.4, 0.5) is 4.79 Å². The summed E-state index contributed by atoms with van der Waals surface area (Å²) < 4.78 is 22.8. The minimum absolute atomic E-state index is 0.0250. The van der Waals surface area contributed by atoms with Gasteiger partial charge >= 0.3 is 12.1 Å². The number of methoxy groups -OCH3 is 1. The molecule has 4 rings (SSSR count). The average molecular weight is 480 g/mol. The number of fused-ring (bicyclic) bond motifs is 3. The summed E-state index contributed by atoms with van der Waals surface area (Å²) in [7, 11) is 0.268. The fourth-order valence-corrected chi connectivity index (χ4v) is 4.81. The maximum atomic E-state index is 13.0. The van der Waals surface area contributed by atoms with Crippen LogP contribution >= 0.6 is 0 Å². The molecular formula is C26H25NO6S. The molecule has 1 aliphatic rings. The Hall–Kier alpha value is -3.65. The molecular weight excluding hydrogens is 454 g/mol. The number of rotatable bonds is 8. The Bertz CT molecular complexity index is 1210. The summed E-state index contributed by atoms with van der Waals surface area (Å²) >= 11 is 0. The topological polar surface area (TPSA) is 93.1 Å². The maximum Gasteiger partial charge on any atom is 0.410 e. The van der Waals surface area contributed by atoms with Gasteiger partial charge in [-0.2, -0.15) is 0 Å². The number of carboxylic acids is 1. The molecule has 0 spiro atoms. The van der Waals surface area contributed by atoms with Crippen LogP contribution in [0.2, 0.25) is 0 Å². The maximum absolute atomic E-state index is 13.0. The van der Waals surface area contributed by atoms with Gasteiger partial charge in [0.15, 0.2) is 0 Å². The van der Waals surface area contributed by atoms with E-state index in [0.29, 0.717) is 16.2 Å². The lowest BCUT2D eigenvalue weighted by Gasteiger charge is -2.23. The molecule has 0 aromatic heterocycles. The molecule has 176 valence electrons. The number of nitrogens with zero attached hydrogens (tertiary/aromatic N) is 1. The van der Waals surface area contributed by atoms with E-state index in [4.69, 9.17) is 9.47 Å². The van der Waals surface area contributed by atoms with Crippen LogP contribution in [-0.2, 0) is 26.9 Å². The van der Waals surface area contributed by atoms with Crippen LogP contribution < -0.4 is 4.74 Å². The second-order valence-electron chi connectivity index (χ2n) is 7.98. The van der Waals surface area contributed by atoms with Gasteiger partial charge in [0.2, 0.25) is 0 Å². The zero-order valence-corrected chi connectivity index (χ0v) is 19.7. The molecule has 0 bridgehead atoms. The molecule has 0 saturated carbocycles. The van der Waals surface area contributed by atoms with Crippen molar-refractivity contribution in [2.45, 2.75) is 17.4 Å². The number of benzene rings is 3. The molecule has 3 aromatic carbocycles. The van der Waals surface area contributed by atoms with Crippen molar-refractivity contribution in [3.63, 3.8) is 0 Å². The Morgan fingerprint density at radius 2 is 1.62 bits per heavy atom. The van der Waals surface area contributed by atoms with Gasteiger partial charge in [0.1, 0.15) is 18.9 Å². The molecule has 1 aliphatic carbocycles. The third kappa shape index (κ3) is 4.82. The van der Waals surface area contributed by atoms with E-state index in [1.165, 1.54) is 7.11 Å². The van der Waals surface area contributed by atoms with E-state index in [9.17, 15) is 18.9 Å². The summed E-state index contributed by atoms with van der Waals surface area (Å²) in [5.41, 5.74) is 4.96. The first-order chi connectivity index (χ1) is 16.4. The van der Waals surface area contributed by atoms with Gasteiger partial charge in [-0.3, -0.25) is 13.9 Å². The van der Waals surface area contributed by atoms with Crippen molar-refractivity contribution >= 4 is 22.9 Å². The first kappa shape index (κ1) is 23.5. The zero-order valence-electron chi connectivity index (χ0n) is 18.9. The standard InChI is InChI=1S/C26H25NO6S/c1-32-24-13-18(34(2)31)12-11-17(24)14-27(15-25(28)29)26(30)33-16-23-21-9-5-3-7-19(21)20-8-4-6-10-22(20)23/h3-13,23H,14-16H2,1-2H3,(H,28,29). The molecule has 1 amide bonds. The van der Waals surface area contributed by atoms with Crippen LogP contribution in [0.25, 0.3) is 11.1 Å². The van der Waals surface area contributed by atoms with Gasteiger partial charge in [0, 0.05) is 33.4 Å². The lowest BCUT2D eigenvalue weighted by atomic mass is 9.98. The summed E-state index contributed by atoms with van der Waals surface area (Å²) in [6.07, 6.45) is 0.830. The van der Waals surface area contributed by atoms with Gasteiger partial charge in [-0.05, 0) is 34.4 Å². The third-order valence-electron chi connectivity index (χ3n) is 5.87. The molecule has 0 radical (unpaired) electrons. The fraction of sp³-hybridized carbons (Fsp3) is 0.231. The number of carbonyl (C=O) groups excluding carboxylic acids is 1. The molecule has 8 heteroatoms. The summed E-state index contributed by atoms with van der Waals surface area (Å²) in [5, 5.41) is 9.37. The second-order valence-corrected chi connectivity index (χ2v) is 9.36. The van der Waals surface area contributed by atoms with Gasteiger partial charge < -0.3 is 14.6 Å². The van der Waals surface area contributed by atoms with Crippen molar-refractivity contribution in [3.8, 4) is 16.9 Å². The Kier molecular flexibility index (Phi) is 6.98. The lowest BCUT2D eigenvalue weighted by Crippen LogP contribution is -2.36. The molecule has 34 heavy (non-hydrogen) atoms. The highest BCUT2D eigenvalue weighted by molar-refractivity contribution is 7.84. The van der Waals surface area contributed by atoms with Gasteiger partial charge in [0.25, 0.3) is 0 Å². The SMILES string of the molecule is COc1cc(S(C)=O)ccc1CN(CC(=O)O)C(=O)OCC1c2ccccc2-c2ccccc21. The third-order valence-corrected chi connectivity index (χ3v) is 6.79. The van der Waals surface area contributed by atoms with Crippen LogP contribution in [0.1, 0.15) is 22.6 Å². The fourth-order valence-electron chi connectivity index (χ4n) is 4.27. The van der Waals surface area contributed by atoms with Crippen LogP contribution in [0.15, 0.2) is 71.6 Å². The van der Waals surface area contributed by atoms with Crippen molar-refractivity contribution in [2.75, 3.05) is 26.5 Å². The molecule has 3 aromatic rings. The summed E-state index contributed by atoms with van der Waals surface area (Å²) in [6, 6.07) is 21.0. The van der Waals surface area contributed by atoms with E-state index in [2.05, 4.69) is 0 Å². The van der Waals surface area contributed by atoms with Gasteiger partial charge in [-0.25, -0.2) is 4.79 Å². The van der Waals surface area contributed by atoms with Gasteiger partial charge in [-0.1, -0.05) is 54.6 Å². The monoisotopic (exact) mass is 479 g/mol. The molecule has 0 saturated heterocycles. The Balaban J connectivity index is 1.53. The number of ether oxygens (including phenoxy) is 2. The number of hydrogen-bond donors (Lipinski definition) is 1. The smallest absolute Gasteiger partial charge is 0.410 e. The van der Waals surface area contributed by atoms with Crippen molar-refractivity contribution in [1.29, 1.82) is 0 Å². The highest BCUT2D eigenvalue weighted by Crippen LogP contribution is 2.44. The van der Waals surface area contributed by atoms with Crippen LogP contribution in [0.5, 0.6) is 5.75 Å². The number of carbonyl (C=O) groups is 2. The van der Waals surface area contributed by atoms with Crippen molar-refractivity contribution in [1.82, 2.24) is 4.90 Å². The molecule has 0 fully saturated rings. The lowest BCUT2D eigenvalue weighted by molar-refractivity contribution is -0.138. The van der Waals surface area contributed by atoms with E-state index < -0.39 is 29.4 Å². The molecule has 1 unspecified atom stereocenters. The predicted molar refractivity (Wildman–Crippen MR) is 128 cm³/mol. The van der Waals surface area contributed by atoms with Crippen molar-refractivity contribution in [3.05, 3.63) is 83.4 Å². The first-order valence-electron chi connectivity index (χ1n) is 10.7. The minimum atomic E-state index is -1.20. The van der Waals surface area contributed by atoms with E-state index in [1.807, 2.05) is 48.5 Å². The Morgan fingerprint density at radius 1 is 1.00 bits per heavy atom. The van der Waals surface area contributed by atoms with E-state index in [1.54, 1.807) is 24.5 Å². The molecule has 1 atom stereocenters. The van der Waals surface area contributed by atoms with E-state index >= 15 is 0 Å². The quantitative estimate of drug-likeness (QED) is 0.519. The molecule has 1 N–H and O–H groups in total. The number of carboxylic acid groups (broad SMARTS) is 1. The Morgan fingerprint density at radius 3 is 2.18 bits per heavy atom. The van der Waals surface area contributed by atoms with E-state index in [-0.39, 0.29) is 19.1 Å². The number of aliphatic carboxylic acids is 1. The van der Waals surface area contributed by atoms with E-state index in [0.717, 1.165) is 27.2 Å². The van der Waals surface area contributed by atoms with Crippen LogP contribution in [0, 0.1) is 0 Å². The number of amides is 1. The highest BCUT2D eigenvalue weighted by atomic mass is 32.2. The van der Waals surface area contributed by atoms with Crippen molar-refractivity contribution in [2.24, 2.45) is 0 Å². The summed E-state index contributed by atoms with van der Waals surface area (Å²) in [6.45, 7) is -0.460. The molecule has 0 aliphatic heterocycles. The minimum Gasteiger partial charge on any atom is -0.496 e. The first-order valence-corrected chi connectivity index (χ1v) is 12.3. The second kappa shape index (κ2) is 10.1. The normalized spacial score (nSPS) is 13.0. The molecule has 0 heterocycles. The van der Waals surface area contributed by atoms with Crippen LogP contribution in [0.3, 0.4) is 0 Å². The van der Waals surface area contributed by atoms with Gasteiger partial charge in [0.05, 0.1) is 13.7 Å². The van der Waals surface area contributed by atoms with Gasteiger partial charge in [-0.15, -0.1) is 0 Å². The zero-order chi connectivity index (χ0) is 24.2. The summed E-state index contributed by atoms with van der Waals surface area (Å²) in [5.74, 6) is -0.857.